The van der Waals surface area contributed by atoms with Gasteiger partial charge in [-0.3, -0.25) is 0 Å². The highest BCUT2D eigenvalue weighted by molar-refractivity contribution is 5.41. The summed E-state index contributed by atoms with van der Waals surface area (Å²) in [5, 5.41) is 10.1. The lowest BCUT2D eigenvalue weighted by molar-refractivity contribution is 0.167. The Morgan fingerprint density at radius 2 is 2.06 bits per heavy atom. The number of ether oxygens (including phenoxy) is 1. The van der Waals surface area contributed by atoms with Crippen LogP contribution in [0, 0.1) is 0 Å². The molecule has 2 rings (SSSR count). The van der Waals surface area contributed by atoms with Crippen LogP contribution in [0.15, 0.2) is 18.2 Å². The van der Waals surface area contributed by atoms with Crippen LogP contribution in [0.25, 0.3) is 0 Å². The molecular weight excluding hydrogens is 200 g/mol. The lowest BCUT2D eigenvalue weighted by atomic mass is 9.85. The molecule has 1 aliphatic heterocycles. The summed E-state index contributed by atoms with van der Waals surface area (Å²) in [7, 11) is 0. The Morgan fingerprint density at radius 1 is 1.31 bits per heavy atom. The highest BCUT2D eigenvalue weighted by Crippen LogP contribution is 2.35. The van der Waals surface area contributed by atoms with Crippen LogP contribution in [0.2, 0.25) is 0 Å². The fourth-order valence-electron chi connectivity index (χ4n) is 2.02. The van der Waals surface area contributed by atoms with Gasteiger partial charge in [-0.1, -0.05) is 26.8 Å². The van der Waals surface area contributed by atoms with Crippen LogP contribution in [0.4, 0.5) is 0 Å². The molecule has 1 heterocycles. The Kier molecular flexibility index (Phi) is 2.94. The molecular formula is C14H20O2. The van der Waals surface area contributed by atoms with Gasteiger partial charge in [-0.25, -0.2) is 0 Å². The molecule has 1 aromatic rings. The highest BCUT2D eigenvalue weighted by atomic mass is 16.5. The van der Waals surface area contributed by atoms with Crippen molar-refractivity contribution in [2.24, 2.45) is 0 Å². The van der Waals surface area contributed by atoms with Crippen LogP contribution in [0.5, 0.6) is 5.75 Å². The third-order valence-electron chi connectivity index (χ3n) is 3.11. The van der Waals surface area contributed by atoms with Gasteiger partial charge < -0.3 is 9.84 Å². The predicted molar refractivity (Wildman–Crippen MR) is 64.8 cm³/mol. The summed E-state index contributed by atoms with van der Waals surface area (Å²) < 4.78 is 5.63. The van der Waals surface area contributed by atoms with Gasteiger partial charge in [0.15, 0.2) is 0 Å². The smallest absolute Gasteiger partial charge is 0.125 e. The summed E-state index contributed by atoms with van der Waals surface area (Å²) in [5.74, 6) is 0.845. The minimum absolute atomic E-state index is 0.112. The van der Waals surface area contributed by atoms with Crippen LogP contribution in [0.3, 0.4) is 0 Å². The van der Waals surface area contributed by atoms with Crippen molar-refractivity contribution in [2.75, 3.05) is 6.61 Å². The first kappa shape index (κ1) is 11.5. The molecule has 1 aromatic carbocycles. The number of benzene rings is 1. The third kappa shape index (κ3) is 2.22. The van der Waals surface area contributed by atoms with Gasteiger partial charge in [-0.15, -0.1) is 0 Å². The van der Waals surface area contributed by atoms with Crippen molar-refractivity contribution in [3.63, 3.8) is 0 Å². The van der Waals surface area contributed by atoms with Gasteiger partial charge in [0.25, 0.3) is 0 Å². The molecule has 1 atom stereocenters. The van der Waals surface area contributed by atoms with Crippen molar-refractivity contribution < 1.29 is 9.84 Å². The maximum Gasteiger partial charge on any atom is 0.125 e. The molecule has 0 aliphatic carbocycles. The number of aliphatic hydroxyl groups is 1. The Labute approximate surface area is 97.3 Å². The fraction of sp³-hybridized carbons (Fsp3) is 0.571. The minimum atomic E-state index is -0.375. The molecule has 0 aromatic heterocycles. The van der Waals surface area contributed by atoms with Crippen molar-refractivity contribution in [2.45, 2.75) is 45.1 Å². The van der Waals surface area contributed by atoms with E-state index in [1.54, 1.807) is 0 Å². The second kappa shape index (κ2) is 4.10. The van der Waals surface area contributed by atoms with Crippen LogP contribution in [-0.2, 0) is 5.41 Å². The summed E-state index contributed by atoms with van der Waals surface area (Å²) in [6.07, 6.45) is 1.33. The van der Waals surface area contributed by atoms with Crippen molar-refractivity contribution in [1.29, 1.82) is 0 Å². The van der Waals surface area contributed by atoms with E-state index in [4.69, 9.17) is 4.74 Å². The average Bonchev–Trinajstić information content (AvgIpc) is 2.39. The highest BCUT2D eigenvalue weighted by Gasteiger charge is 2.21. The van der Waals surface area contributed by atoms with Gasteiger partial charge in [0, 0.05) is 5.56 Å². The monoisotopic (exact) mass is 220 g/mol. The van der Waals surface area contributed by atoms with E-state index in [9.17, 15) is 5.11 Å². The van der Waals surface area contributed by atoms with E-state index in [0.29, 0.717) is 6.61 Å². The molecule has 0 radical (unpaired) electrons. The van der Waals surface area contributed by atoms with Gasteiger partial charge in [-0.2, -0.15) is 0 Å². The second-order valence-corrected chi connectivity index (χ2v) is 5.51. The number of fused-ring (bicyclic) bond motifs is 1. The molecule has 0 saturated heterocycles. The quantitative estimate of drug-likeness (QED) is 0.727. The Morgan fingerprint density at radius 3 is 2.75 bits per heavy atom. The van der Waals surface area contributed by atoms with Gasteiger partial charge in [0.2, 0.25) is 0 Å². The van der Waals surface area contributed by atoms with Gasteiger partial charge >= 0.3 is 0 Å². The van der Waals surface area contributed by atoms with Crippen LogP contribution >= 0.6 is 0 Å². The first-order valence-corrected chi connectivity index (χ1v) is 5.94. The molecule has 0 fully saturated rings. The van der Waals surface area contributed by atoms with Crippen LogP contribution in [-0.4, -0.2) is 11.7 Å². The maximum absolute atomic E-state index is 10.1. The van der Waals surface area contributed by atoms with Gasteiger partial charge in [0.1, 0.15) is 5.75 Å². The van der Waals surface area contributed by atoms with Crippen molar-refractivity contribution in [3.8, 4) is 5.75 Å². The zero-order valence-electron chi connectivity index (χ0n) is 10.3. The fourth-order valence-corrected chi connectivity index (χ4v) is 2.02. The largest absolute Gasteiger partial charge is 0.493 e. The topological polar surface area (TPSA) is 29.5 Å². The molecule has 0 unspecified atom stereocenters. The molecule has 0 spiro atoms. The third-order valence-corrected chi connectivity index (χ3v) is 3.11. The zero-order valence-corrected chi connectivity index (χ0v) is 10.3. The van der Waals surface area contributed by atoms with E-state index in [1.807, 2.05) is 6.07 Å². The van der Waals surface area contributed by atoms with E-state index in [2.05, 4.69) is 32.9 Å². The molecule has 88 valence electrons. The summed E-state index contributed by atoms with van der Waals surface area (Å²) >= 11 is 0. The van der Waals surface area contributed by atoms with E-state index in [0.717, 1.165) is 24.2 Å². The van der Waals surface area contributed by atoms with Gasteiger partial charge in [-0.05, 0) is 36.0 Å². The number of aliphatic hydroxyl groups excluding tert-OH is 1. The van der Waals surface area contributed by atoms with E-state index in [-0.39, 0.29) is 11.5 Å². The summed E-state index contributed by atoms with van der Waals surface area (Å²) in [6.45, 7) is 7.24. The number of rotatable bonds is 0. The Bertz CT molecular complexity index is 377. The first-order valence-electron chi connectivity index (χ1n) is 5.94. The SMILES string of the molecule is CC(C)(C)c1ccc2c(c1)[C@H](O)CCCO2. The summed E-state index contributed by atoms with van der Waals surface area (Å²) in [6, 6.07) is 6.17. The Balaban J connectivity index is 2.43. The molecule has 1 aliphatic rings. The number of hydrogen-bond donors (Lipinski definition) is 1. The second-order valence-electron chi connectivity index (χ2n) is 5.51. The predicted octanol–water partition coefficient (Wildman–Crippen LogP) is 3.19. The molecule has 2 heteroatoms. The number of hydrogen-bond acceptors (Lipinski definition) is 2. The standard InChI is InChI=1S/C14H20O2/c1-14(2,3)10-6-7-13-11(9-10)12(15)5-4-8-16-13/h6-7,9,12,15H,4-5,8H2,1-3H3/t12-/m1/s1. The van der Waals surface area contributed by atoms with E-state index in [1.165, 1.54) is 5.56 Å². The average molecular weight is 220 g/mol. The molecule has 16 heavy (non-hydrogen) atoms. The zero-order chi connectivity index (χ0) is 11.8. The van der Waals surface area contributed by atoms with Crippen molar-refractivity contribution in [1.82, 2.24) is 0 Å². The van der Waals surface area contributed by atoms with Gasteiger partial charge in [0.05, 0.1) is 12.7 Å². The first-order chi connectivity index (χ1) is 7.48. The summed E-state index contributed by atoms with van der Waals surface area (Å²) in [5.41, 5.74) is 2.31. The van der Waals surface area contributed by atoms with Crippen LogP contribution in [0.1, 0.15) is 50.8 Å². The molecule has 2 nitrogen and oxygen atoms in total. The van der Waals surface area contributed by atoms with E-state index >= 15 is 0 Å². The normalized spacial score (nSPS) is 20.9. The Hall–Kier alpha value is -1.02. The van der Waals surface area contributed by atoms with Crippen LogP contribution < -0.4 is 4.74 Å². The van der Waals surface area contributed by atoms with Crippen molar-refractivity contribution in [3.05, 3.63) is 29.3 Å². The molecule has 0 saturated carbocycles. The molecule has 0 amide bonds. The minimum Gasteiger partial charge on any atom is -0.493 e. The molecule has 0 bridgehead atoms. The van der Waals surface area contributed by atoms with E-state index < -0.39 is 0 Å². The van der Waals surface area contributed by atoms with Crippen molar-refractivity contribution >= 4 is 0 Å². The molecule has 1 N–H and O–H groups in total. The lowest BCUT2D eigenvalue weighted by Crippen LogP contribution is -2.12. The lowest BCUT2D eigenvalue weighted by Gasteiger charge is -2.21. The maximum atomic E-state index is 10.1. The summed E-state index contributed by atoms with van der Waals surface area (Å²) in [4.78, 5) is 0.